The number of hydrogen-bond acceptors (Lipinski definition) is 3. The van der Waals surface area contributed by atoms with Gasteiger partial charge in [-0.1, -0.05) is 17.7 Å². The Bertz CT molecular complexity index is 470. The minimum absolute atomic E-state index is 0.143. The van der Waals surface area contributed by atoms with Crippen LogP contribution in [0.5, 0.6) is 0 Å². The Hall–Kier alpha value is -1.26. The third-order valence-electron chi connectivity index (χ3n) is 3.95. The molecular formula is C15H22ClN3O. The zero-order valence-electron chi connectivity index (χ0n) is 11.9. The second-order valence-electron chi connectivity index (χ2n) is 5.50. The molecule has 0 aliphatic carbocycles. The van der Waals surface area contributed by atoms with Gasteiger partial charge in [0.2, 0.25) is 0 Å². The van der Waals surface area contributed by atoms with Crippen molar-refractivity contribution in [3.8, 4) is 0 Å². The molecule has 0 spiro atoms. The normalized spacial score (nSPS) is 17.1. The van der Waals surface area contributed by atoms with Crippen LogP contribution in [-0.2, 0) is 0 Å². The number of halogens is 1. The third-order valence-corrected chi connectivity index (χ3v) is 4.37. The number of likely N-dealkylation sites (tertiary alicyclic amines) is 1. The zero-order chi connectivity index (χ0) is 14.5. The predicted molar refractivity (Wildman–Crippen MR) is 83.0 cm³/mol. The molecule has 4 nitrogen and oxygen atoms in total. The SMILES string of the molecule is CN1CCC(CCNC(=O)c2cccc(N)c2Cl)CC1. The third kappa shape index (κ3) is 3.87. The van der Waals surface area contributed by atoms with Crippen LogP contribution in [0, 0.1) is 5.92 Å². The Labute approximate surface area is 125 Å². The number of rotatable bonds is 4. The Balaban J connectivity index is 1.79. The summed E-state index contributed by atoms with van der Waals surface area (Å²) in [7, 11) is 2.15. The highest BCUT2D eigenvalue weighted by molar-refractivity contribution is 6.36. The fourth-order valence-electron chi connectivity index (χ4n) is 2.56. The number of nitrogens with zero attached hydrogens (tertiary/aromatic N) is 1. The monoisotopic (exact) mass is 295 g/mol. The summed E-state index contributed by atoms with van der Waals surface area (Å²) in [6.07, 6.45) is 3.45. The lowest BCUT2D eigenvalue weighted by Gasteiger charge is -2.28. The Morgan fingerprint density at radius 3 is 2.85 bits per heavy atom. The number of piperidine rings is 1. The van der Waals surface area contributed by atoms with Crippen LogP contribution < -0.4 is 11.1 Å². The summed E-state index contributed by atoms with van der Waals surface area (Å²) in [4.78, 5) is 14.4. The van der Waals surface area contributed by atoms with Crippen molar-refractivity contribution in [2.24, 2.45) is 5.92 Å². The average molecular weight is 296 g/mol. The van der Waals surface area contributed by atoms with E-state index in [1.807, 2.05) is 0 Å². The number of amides is 1. The van der Waals surface area contributed by atoms with Crippen molar-refractivity contribution in [2.75, 3.05) is 32.4 Å². The molecule has 20 heavy (non-hydrogen) atoms. The molecule has 0 saturated carbocycles. The molecule has 110 valence electrons. The first-order valence-corrected chi connectivity index (χ1v) is 7.46. The number of nitrogens with two attached hydrogens (primary N) is 1. The Morgan fingerprint density at radius 2 is 2.15 bits per heavy atom. The molecule has 1 aliphatic heterocycles. The number of nitrogen functional groups attached to an aromatic ring is 1. The molecule has 2 rings (SSSR count). The smallest absolute Gasteiger partial charge is 0.252 e. The van der Waals surface area contributed by atoms with Gasteiger partial charge in [-0.15, -0.1) is 0 Å². The molecule has 1 fully saturated rings. The molecule has 3 N–H and O–H groups in total. The highest BCUT2D eigenvalue weighted by Crippen LogP contribution is 2.23. The molecule has 0 bridgehead atoms. The largest absolute Gasteiger partial charge is 0.398 e. The second-order valence-corrected chi connectivity index (χ2v) is 5.88. The maximum Gasteiger partial charge on any atom is 0.252 e. The first kappa shape index (κ1) is 15.1. The van der Waals surface area contributed by atoms with Gasteiger partial charge in [-0.05, 0) is 57.5 Å². The number of nitrogens with one attached hydrogen (secondary N) is 1. The molecule has 1 aliphatic rings. The van der Waals surface area contributed by atoms with E-state index < -0.39 is 0 Å². The molecule has 0 atom stereocenters. The van der Waals surface area contributed by atoms with Gasteiger partial charge >= 0.3 is 0 Å². The summed E-state index contributed by atoms with van der Waals surface area (Å²) < 4.78 is 0. The second kappa shape index (κ2) is 6.95. The summed E-state index contributed by atoms with van der Waals surface area (Å²) in [6, 6.07) is 5.13. The first-order chi connectivity index (χ1) is 9.58. The molecule has 0 unspecified atom stereocenters. The van der Waals surface area contributed by atoms with Crippen LogP contribution in [0.3, 0.4) is 0 Å². The van der Waals surface area contributed by atoms with E-state index in [-0.39, 0.29) is 5.91 Å². The van der Waals surface area contributed by atoms with Crippen molar-refractivity contribution in [3.05, 3.63) is 28.8 Å². The molecule has 5 heteroatoms. The maximum atomic E-state index is 12.1. The molecule has 1 aromatic rings. The number of benzene rings is 1. The fourth-order valence-corrected chi connectivity index (χ4v) is 2.77. The van der Waals surface area contributed by atoms with E-state index in [4.69, 9.17) is 17.3 Å². The van der Waals surface area contributed by atoms with Gasteiger partial charge in [0.05, 0.1) is 16.3 Å². The lowest BCUT2D eigenvalue weighted by Crippen LogP contribution is -2.32. The fraction of sp³-hybridized carbons (Fsp3) is 0.533. The molecule has 1 heterocycles. The van der Waals surface area contributed by atoms with Gasteiger partial charge in [0.15, 0.2) is 0 Å². The zero-order valence-corrected chi connectivity index (χ0v) is 12.6. The summed E-state index contributed by atoms with van der Waals surface area (Å²) in [6.45, 7) is 3.00. The molecule has 1 aromatic carbocycles. The summed E-state index contributed by atoms with van der Waals surface area (Å²) in [5.74, 6) is 0.568. The summed E-state index contributed by atoms with van der Waals surface area (Å²) >= 11 is 6.04. The van der Waals surface area contributed by atoms with Gasteiger partial charge in [0, 0.05) is 6.54 Å². The van der Waals surface area contributed by atoms with Gasteiger partial charge in [-0.25, -0.2) is 0 Å². The minimum atomic E-state index is -0.143. The number of anilines is 1. The van der Waals surface area contributed by atoms with E-state index in [0.29, 0.717) is 28.7 Å². The van der Waals surface area contributed by atoms with E-state index in [1.165, 1.54) is 12.8 Å². The van der Waals surface area contributed by atoms with Crippen molar-refractivity contribution in [2.45, 2.75) is 19.3 Å². The van der Waals surface area contributed by atoms with Crippen molar-refractivity contribution < 1.29 is 4.79 Å². The first-order valence-electron chi connectivity index (χ1n) is 7.08. The van der Waals surface area contributed by atoms with Crippen LogP contribution in [0.4, 0.5) is 5.69 Å². The predicted octanol–water partition coefficient (Wildman–Crippen LogP) is 2.38. The van der Waals surface area contributed by atoms with Crippen LogP contribution in [0.25, 0.3) is 0 Å². The number of carbonyl (C=O) groups excluding carboxylic acids is 1. The van der Waals surface area contributed by atoms with Crippen molar-refractivity contribution >= 4 is 23.2 Å². The van der Waals surface area contributed by atoms with E-state index in [1.54, 1.807) is 18.2 Å². The van der Waals surface area contributed by atoms with Crippen molar-refractivity contribution in [1.29, 1.82) is 0 Å². The van der Waals surface area contributed by atoms with Gasteiger partial charge in [0.25, 0.3) is 5.91 Å². The number of carbonyl (C=O) groups is 1. The highest BCUT2D eigenvalue weighted by Gasteiger charge is 2.17. The van der Waals surface area contributed by atoms with E-state index >= 15 is 0 Å². The topological polar surface area (TPSA) is 58.4 Å². The summed E-state index contributed by atoms with van der Waals surface area (Å²) in [5.41, 5.74) is 6.59. The van der Waals surface area contributed by atoms with Crippen LogP contribution >= 0.6 is 11.6 Å². The van der Waals surface area contributed by atoms with Crippen molar-refractivity contribution in [1.82, 2.24) is 10.2 Å². The Kier molecular flexibility index (Phi) is 5.26. The highest BCUT2D eigenvalue weighted by atomic mass is 35.5. The average Bonchev–Trinajstić information content (AvgIpc) is 2.44. The standard InChI is InChI=1S/C15H22ClN3O/c1-19-9-6-11(7-10-19)5-8-18-15(20)12-3-2-4-13(17)14(12)16/h2-4,11H,5-10,17H2,1H3,(H,18,20). The lowest BCUT2D eigenvalue weighted by molar-refractivity contribution is 0.0949. The Morgan fingerprint density at radius 1 is 1.45 bits per heavy atom. The van der Waals surface area contributed by atoms with E-state index in [9.17, 15) is 4.79 Å². The van der Waals surface area contributed by atoms with Crippen LogP contribution in [-0.4, -0.2) is 37.5 Å². The molecular weight excluding hydrogens is 274 g/mol. The minimum Gasteiger partial charge on any atom is -0.398 e. The molecule has 0 radical (unpaired) electrons. The van der Waals surface area contributed by atoms with E-state index in [0.717, 1.165) is 19.5 Å². The molecule has 1 saturated heterocycles. The van der Waals surface area contributed by atoms with Crippen LogP contribution in [0.15, 0.2) is 18.2 Å². The van der Waals surface area contributed by atoms with Crippen molar-refractivity contribution in [3.63, 3.8) is 0 Å². The van der Waals surface area contributed by atoms with E-state index in [2.05, 4.69) is 17.3 Å². The van der Waals surface area contributed by atoms with Gasteiger partial charge in [-0.2, -0.15) is 0 Å². The van der Waals surface area contributed by atoms with Gasteiger partial charge in [-0.3, -0.25) is 4.79 Å². The molecule has 0 aromatic heterocycles. The quantitative estimate of drug-likeness (QED) is 0.839. The lowest BCUT2D eigenvalue weighted by atomic mass is 9.94. The number of hydrogen-bond donors (Lipinski definition) is 2. The van der Waals surface area contributed by atoms with Gasteiger partial charge < -0.3 is 16.0 Å². The van der Waals surface area contributed by atoms with Crippen LogP contribution in [0.1, 0.15) is 29.6 Å². The molecule has 1 amide bonds. The van der Waals surface area contributed by atoms with Gasteiger partial charge in [0.1, 0.15) is 0 Å². The summed E-state index contributed by atoms with van der Waals surface area (Å²) in [5, 5.41) is 3.27. The maximum absolute atomic E-state index is 12.1. The van der Waals surface area contributed by atoms with Crippen LogP contribution in [0.2, 0.25) is 5.02 Å².